The molecule has 0 bridgehead atoms. The van der Waals surface area contributed by atoms with E-state index in [0.717, 1.165) is 4.90 Å². The number of carbonyl (C=O) groups excluding carboxylic acids is 2. The van der Waals surface area contributed by atoms with Crippen molar-refractivity contribution < 1.29 is 23.5 Å². The van der Waals surface area contributed by atoms with Crippen molar-refractivity contribution in [2.45, 2.75) is 17.1 Å². The molecular weight excluding hydrogens is 345 g/mol. The van der Waals surface area contributed by atoms with Gasteiger partial charge in [0.05, 0.1) is 16.5 Å². The van der Waals surface area contributed by atoms with E-state index in [2.05, 4.69) is 5.32 Å². The number of halogens is 1. The first-order chi connectivity index (χ1) is 12.0. The lowest BCUT2D eigenvalue weighted by Crippen LogP contribution is -2.26. The van der Waals surface area contributed by atoms with Crippen LogP contribution >= 0.6 is 11.8 Å². The van der Waals surface area contributed by atoms with Gasteiger partial charge >= 0.3 is 5.97 Å². The maximum atomic E-state index is 12.8. The van der Waals surface area contributed by atoms with Crippen molar-refractivity contribution in [2.24, 2.45) is 0 Å². The standard InChI is InChI=1S/C18H16FNO4S/c1-11-17(21)20-15-10-12(2-7-16(15)25-11)18(22)24-9-8-23-14-5-3-13(19)4-6-14/h2-7,10-11H,8-9H2,1H3,(H,20,21). The van der Waals surface area contributed by atoms with Gasteiger partial charge in [0.25, 0.3) is 0 Å². The smallest absolute Gasteiger partial charge is 0.338 e. The van der Waals surface area contributed by atoms with Crippen molar-refractivity contribution in [1.29, 1.82) is 0 Å². The van der Waals surface area contributed by atoms with Gasteiger partial charge < -0.3 is 14.8 Å². The summed E-state index contributed by atoms with van der Waals surface area (Å²) >= 11 is 1.45. The van der Waals surface area contributed by atoms with Gasteiger partial charge in [0.1, 0.15) is 24.8 Å². The van der Waals surface area contributed by atoms with Gasteiger partial charge in [0.2, 0.25) is 5.91 Å². The Kier molecular flexibility index (Phi) is 5.23. The lowest BCUT2D eigenvalue weighted by Gasteiger charge is -2.21. The molecule has 1 aliphatic heterocycles. The first-order valence-corrected chi connectivity index (χ1v) is 8.58. The summed E-state index contributed by atoms with van der Waals surface area (Å²) in [5.74, 6) is -0.426. The van der Waals surface area contributed by atoms with Crippen LogP contribution in [0.1, 0.15) is 17.3 Å². The van der Waals surface area contributed by atoms with Crippen LogP contribution in [0.4, 0.5) is 10.1 Å². The molecule has 25 heavy (non-hydrogen) atoms. The van der Waals surface area contributed by atoms with Crippen molar-refractivity contribution in [3.05, 3.63) is 53.8 Å². The molecule has 5 nitrogen and oxygen atoms in total. The van der Waals surface area contributed by atoms with E-state index in [1.165, 1.54) is 36.0 Å². The fraction of sp³-hybridized carbons (Fsp3) is 0.222. The number of ether oxygens (including phenoxy) is 2. The summed E-state index contributed by atoms with van der Waals surface area (Å²) in [6, 6.07) is 10.7. The third-order valence-electron chi connectivity index (χ3n) is 3.54. The van der Waals surface area contributed by atoms with E-state index in [1.807, 2.05) is 6.92 Å². The van der Waals surface area contributed by atoms with Gasteiger partial charge in [0.15, 0.2) is 0 Å². The van der Waals surface area contributed by atoms with Crippen molar-refractivity contribution in [3.8, 4) is 5.75 Å². The van der Waals surface area contributed by atoms with Crippen LogP contribution in [0.3, 0.4) is 0 Å². The Balaban J connectivity index is 1.52. The molecule has 1 atom stereocenters. The highest BCUT2D eigenvalue weighted by molar-refractivity contribution is 8.00. The molecule has 0 aliphatic carbocycles. The largest absolute Gasteiger partial charge is 0.490 e. The molecule has 7 heteroatoms. The van der Waals surface area contributed by atoms with Crippen molar-refractivity contribution in [1.82, 2.24) is 0 Å². The molecule has 2 aromatic carbocycles. The predicted octanol–water partition coefficient (Wildman–Crippen LogP) is 3.49. The Morgan fingerprint density at radius 2 is 1.96 bits per heavy atom. The summed E-state index contributed by atoms with van der Waals surface area (Å²) in [6.07, 6.45) is 0. The van der Waals surface area contributed by atoms with Gasteiger partial charge in [0, 0.05) is 4.90 Å². The molecule has 0 spiro atoms. The zero-order valence-electron chi connectivity index (χ0n) is 13.5. The van der Waals surface area contributed by atoms with Gasteiger partial charge in [-0.25, -0.2) is 9.18 Å². The molecule has 2 aromatic rings. The van der Waals surface area contributed by atoms with Crippen LogP contribution in [0.2, 0.25) is 0 Å². The van der Waals surface area contributed by atoms with Gasteiger partial charge in [-0.2, -0.15) is 0 Å². The van der Waals surface area contributed by atoms with E-state index in [-0.39, 0.29) is 30.2 Å². The predicted molar refractivity (Wildman–Crippen MR) is 92.6 cm³/mol. The van der Waals surface area contributed by atoms with E-state index >= 15 is 0 Å². The number of benzene rings is 2. The highest BCUT2D eigenvalue weighted by atomic mass is 32.2. The topological polar surface area (TPSA) is 64.6 Å². The third-order valence-corrected chi connectivity index (χ3v) is 4.72. The second-order valence-corrected chi connectivity index (χ2v) is 6.78. The fourth-order valence-corrected chi connectivity index (χ4v) is 3.17. The van der Waals surface area contributed by atoms with Crippen molar-refractivity contribution in [2.75, 3.05) is 18.5 Å². The summed E-state index contributed by atoms with van der Waals surface area (Å²) in [5, 5.41) is 2.62. The molecule has 130 valence electrons. The van der Waals surface area contributed by atoms with Crippen LogP contribution in [0.25, 0.3) is 0 Å². The van der Waals surface area contributed by atoms with E-state index in [4.69, 9.17) is 9.47 Å². The molecule has 3 rings (SSSR count). The molecule has 0 saturated carbocycles. The number of hydrogen-bond acceptors (Lipinski definition) is 5. The average molecular weight is 361 g/mol. The maximum absolute atomic E-state index is 12.8. The molecule has 1 N–H and O–H groups in total. The van der Waals surface area contributed by atoms with Gasteiger partial charge in [-0.15, -0.1) is 11.8 Å². The molecule has 1 amide bonds. The highest BCUT2D eigenvalue weighted by Gasteiger charge is 2.23. The number of hydrogen-bond donors (Lipinski definition) is 1. The molecule has 0 saturated heterocycles. The third kappa shape index (κ3) is 4.30. The number of thioether (sulfide) groups is 1. The Labute approximate surface area is 148 Å². The minimum atomic E-state index is -0.497. The Bertz CT molecular complexity index is 794. The van der Waals surface area contributed by atoms with E-state index in [0.29, 0.717) is 17.0 Å². The number of amides is 1. The zero-order valence-corrected chi connectivity index (χ0v) is 14.3. The number of carbonyl (C=O) groups is 2. The number of anilines is 1. The lowest BCUT2D eigenvalue weighted by molar-refractivity contribution is -0.115. The van der Waals surface area contributed by atoms with Crippen LogP contribution in [0, 0.1) is 5.82 Å². The lowest BCUT2D eigenvalue weighted by atomic mass is 10.2. The molecule has 0 fully saturated rings. The average Bonchev–Trinajstić information content (AvgIpc) is 2.60. The van der Waals surface area contributed by atoms with E-state index in [9.17, 15) is 14.0 Å². The summed E-state index contributed by atoms with van der Waals surface area (Å²) in [7, 11) is 0. The highest BCUT2D eigenvalue weighted by Crippen LogP contribution is 2.36. The van der Waals surface area contributed by atoms with Gasteiger partial charge in [-0.05, 0) is 49.4 Å². The first kappa shape index (κ1) is 17.3. The van der Waals surface area contributed by atoms with Gasteiger partial charge in [-0.3, -0.25) is 4.79 Å². The molecule has 1 heterocycles. The van der Waals surface area contributed by atoms with Crippen molar-refractivity contribution in [3.63, 3.8) is 0 Å². The maximum Gasteiger partial charge on any atom is 0.338 e. The Morgan fingerprint density at radius 1 is 1.20 bits per heavy atom. The zero-order chi connectivity index (χ0) is 17.8. The molecule has 1 aliphatic rings. The summed E-state index contributed by atoms with van der Waals surface area (Å²) in [5.41, 5.74) is 0.973. The Hall–Kier alpha value is -2.54. The monoisotopic (exact) mass is 361 g/mol. The normalized spacial score (nSPS) is 15.9. The minimum absolute atomic E-state index is 0.0610. The summed E-state index contributed by atoms with van der Waals surface area (Å²) in [4.78, 5) is 24.7. The Morgan fingerprint density at radius 3 is 2.72 bits per heavy atom. The van der Waals surface area contributed by atoms with E-state index < -0.39 is 5.97 Å². The number of rotatable bonds is 5. The number of fused-ring (bicyclic) bond motifs is 1. The van der Waals surface area contributed by atoms with Crippen LogP contribution in [0.15, 0.2) is 47.4 Å². The SMILES string of the molecule is CC1Sc2ccc(C(=O)OCCOc3ccc(F)cc3)cc2NC1=O. The van der Waals surface area contributed by atoms with Crippen LogP contribution in [0.5, 0.6) is 5.75 Å². The second-order valence-electron chi connectivity index (χ2n) is 5.40. The number of nitrogens with one attached hydrogen (secondary N) is 1. The first-order valence-electron chi connectivity index (χ1n) is 7.70. The molecule has 1 unspecified atom stereocenters. The number of esters is 1. The molecule has 0 radical (unpaired) electrons. The van der Waals surface area contributed by atoms with Crippen LogP contribution in [-0.2, 0) is 9.53 Å². The summed E-state index contributed by atoms with van der Waals surface area (Å²) < 4.78 is 23.3. The summed E-state index contributed by atoms with van der Waals surface area (Å²) in [6.45, 7) is 2.05. The molecule has 0 aromatic heterocycles. The van der Waals surface area contributed by atoms with Crippen LogP contribution < -0.4 is 10.1 Å². The van der Waals surface area contributed by atoms with Crippen molar-refractivity contribution >= 4 is 29.3 Å². The quantitative estimate of drug-likeness (QED) is 0.652. The van der Waals surface area contributed by atoms with Crippen LogP contribution in [-0.4, -0.2) is 30.3 Å². The fourth-order valence-electron chi connectivity index (χ4n) is 2.24. The minimum Gasteiger partial charge on any atom is -0.490 e. The second kappa shape index (κ2) is 7.57. The molecular formula is C18H16FNO4S. The van der Waals surface area contributed by atoms with E-state index in [1.54, 1.807) is 18.2 Å². The van der Waals surface area contributed by atoms with Gasteiger partial charge in [-0.1, -0.05) is 0 Å².